The number of fused-ring (bicyclic) bond motifs is 1. The van der Waals surface area contributed by atoms with Crippen LogP contribution in [0.1, 0.15) is 37.4 Å². The van der Waals surface area contributed by atoms with E-state index in [-0.39, 0.29) is 17.9 Å². The molecule has 1 N–H and O–H groups in total. The molecule has 1 amide bonds. The summed E-state index contributed by atoms with van der Waals surface area (Å²) in [6.45, 7) is 5.71. The van der Waals surface area contributed by atoms with Crippen molar-refractivity contribution in [3.8, 4) is 0 Å². The first-order valence-electron chi connectivity index (χ1n) is 7.49. The number of halogens is 2. The molecule has 1 saturated heterocycles. The zero-order valence-corrected chi connectivity index (χ0v) is 13.8. The molecule has 0 aliphatic carbocycles. The van der Waals surface area contributed by atoms with Crippen molar-refractivity contribution in [2.75, 3.05) is 13.1 Å². The van der Waals surface area contributed by atoms with Gasteiger partial charge in [0.2, 0.25) is 5.91 Å². The van der Waals surface area contributed by atoms with E-state index in [1.807, 2.05) is 11.0 Å². The molecule has 1 fully saturated rings. The quantitative estimate of drug-likeness (QED) is 0.857. The SMILES string of the molecule is C[C@@H]1CC(C(=O)N2CCc3cc(Cl)cc(Cl)c3[C@@H]2C)CN1. The molecule has 1 unspecified atom stereocenters. The second kappa shape index (κ2) is 5.79. The largest absolute Gasteiger partial charge is 0.335 e. The number of amides is 1. The van der Waals surface area contributed by atoms with Crippen molar-refractivity contribution in [3.63, 3.8) is 0 Å². The van der Waals surface area contributed by atoms with E-state index >= 15 is 0 Å². The molecule has 1 aromatic carbocycles. The normalized spacial score (nSPS) is 28.6. The Kier molecular flexibility index (Phi) is 4.17. The van der Waals surface area contributed by atoms with Gasteiger partial charge in [0.1, 0.15) is 0 Å². The van der Waals surface area contributed by atoms with Gasteiger partial charge >= 0.3 is 0 Å². The molecule has 5 heteroatoms. The Morgan fingerprint density at radius 1 is 1.33 bits per heavy atom. The van der Waals surface area contributed by atoms with E-state index in [9.17, 15) is 4.79 Å². The van der Waals surface area contributed by atoms with Crippen LogP contribution in [0.2, 0.25) is 10.0 Å². The summed E-state index contributed by atoms with van der Waals surface area (Å²) in [4.78, 5) is 14.7. The molecule has 2 heterocycles. The Hall–Kier alpha value is -0.770. The van der Waals surface area contributed by atoms with Crippen molar-refractivity contribution in [3.05, 3.63) is 33.3 Å². The standard InChI is InChI=1S/C16H20Cl2N2O/c1-9-5-12(8-19-9)16(21)20-4-3-11-6-13(17)7-14(18)15(11)10(20)2/h6-7,9-10,12,19H,3-5,8H2,1-2H3/t9-,10+,12?/m1/s1. The summed E-state index contributed by atoms with van der Waals surface area (Å²) >= 11 is 12.4. The van der Waals surface area contributed by atoms with E-state index in [1.54, 1.807) is 6.07 Å². The third-order valence-electron chi connectivity index (χ3n) is 4.67. The van der Waals surface area contributed by atoms with Crippen LogP contribution < -0.4 is 5.32 Å². The van der Waals surface area contributed by atoms with Gasteiger partial charge in [0.15, 0.2) is 0 Å². The minimum atomic E-state index is 0.0157. The van der Waals surface area contributed by atoms with Crippen LogP contribution in [0.4, 0.5) is 0 Å². The number of benzene rings is 1. The first kappa shape index (κ1) is 15.1. The highest BCUT2D eigenvalue weighted by molar-refractivity contribution is 6.35. The summed E-state index contributed by atoms with van der Waals surface area (Å²) in [5.41, 5.74) is 2.22. The molecular weight excluding hydrogens is 307 g/mol. The van der Waals surface area contributed by atoms with Crippen LogP contribution in [-0.2, 0) is 11.2 Å². The Labute approximate surface area is 135 Å². The van der Waals surface area contributed by atoms with Crippen LogP contribution in [0.25, 0.3) is 0 Å². The lowest BCUT2D eigenvalue weighted by Crippen LogP contribution is -2.42. The number of carbonyl (C=O) groups excluding carboxylic acids is 1. The predicted octanol–water partition coefficient (Wildman–Crippen LogP) is 3.44. The number of nitrogens with zero attached hydrogens (tertiary/aromatic N) is 1. The van der Waals surface area contributed by atoms with Gasteiger partial charge in [-0.25, -0.2) is 0 Å². The smallest absolute Gasteiger partial charge is 0.227 e. The van der Waals surface area contributed by atoms with Gasteiger partial charge in [-0.2, -0.15) is 0 Å². The summed E-state index contributed by atoms with van der Waals surface area (Å²) in [5.74, 6) is 0.339. The van der Waals surface area contributed by atoms with Gasteiger partial charge in [-0.05, 0) is 49.9 Å². The molecule has 1 aromatic rings. The predicted molar refractivity (Wildman–Crippen MR) is 85.9 cm³/mol. The van der Waals surface area contributed by atoms with Crippen LogP contribution in [-0.4, -0.2) is 29.9 Å². The molecule has 0 radical (unpaired) electrons. The number of carbonyl (C=O) groups is 1. The molecule has 21 heavy (non-hydrogen) atoms. The zero-order valence-electron chi connectivity index (χ0n) is 12.3. The van der Waals surface area contributed by atoms with Crippen LogP contribution in [0.3, 0.4) is 0 Å². The molecule has 0 bridgehead atoms. The molecular formula is C16H20Cl2N2O. The summed E-state index contributed by atoms with van der Waals surface area (Å²) < 4.78 is 0. The van der Waals surface area contributed by atoms with Crippen molar-refractivity contribution in [2.24, 2.45) is 5.92 Å². The minimum absolute atomic E-state index is 0.0157. The number of rotatable bonds is 1. The molecule has 114 valence electrons. The molecule has 2 aliphatic heterocycles. The third-order valence-corrected chi connectivity index (χ3v) is 5.20. The molecule has 2 aliphatic rings. The highest BCUT2D eigenvalue weighted by atomic mass is 35.5. The van der Waals surface area contributed by atoms with Gasteiger partial charge in [0, 0.05) is 29.2 Å². The highest BCUT2D eigenvalue weighted by Crippen LogP contribution is 2.37. The maximum Gasteiger partial charge on any atom is 0.227 e. The van der Waals surface area contributed by atoms with Crippen molar-refractivity contribution >= 4 is 29.1 Å². The Bertz CT molecular complexity index is 576. The second-order valence-corrected chi connectivity index (χ2v) is 7.00. The highest BCUT2D eigenvalue weighted by Gasteiger charge is 2.35. The van der Waals surface area contributed by atoms with Crippen molar-refractivity contribution in [2.45, 2.75) is 38.8 Å². The molecule has 0 spiro atoms. The maximum absolute atomic E-state index is 12.8. The van der Waals surface area contributed by atoms with Crippen LogP contribution in [0, 0.1) is 5.92 Å². The Morgan fingerprint density at radius 2 is 2.10 bits per heavy atom. The van der Waals surface area contributed by atoms with E-state index in [0.29, 0.717) is 16.1 Å². The van der Waals surface area contributed by atoms with E-state index in [0.717, 1.165) is 31.5 Å². The lowest BCUT2D eigenvalue weighted by molar-refractivity contribution is -0.137. The molecule has 0 saturated carbocycles. The van der Waals surface area contributed by atoms with E-state index in [4.69, 9.17) is 23.2 Å². The van der Waals surface area contributed by atoms with Gasteiger partial charge in [-0.15, -0.1) is 0 Å². The molecule has 3 rings (SSSR count). The fourth-order valence-corrected chi connectivity index (χ4v) is 4.26. The third kappa shape index (κ3) is 2.79. The maximum atomic E-state index is 12.8. The average molecular weight is 327 g/mol. The molecule has 0 aromatic heterocycles. The van der Waals surface area contributed by atoms with Gasteiger partial charge in [0.05, 0.1) is 12.0 Å². The van der Waals surface area contributed by atoms with Gasteiger partial charge in [-0.3, -0.25) is 4.79 Å². The van der Waals surface area contributed by atoms with Crippen molar-refractivity contribution in [1.29, 1.82) is 0 Å². The number of hydrogen-bond donors (Lipinski definition) is 1. The zero-order chi connectivity index (χ0) is 15.1. The first-order chi connectivity index (χ1) is 9.97. The van der Waals surface area contributed by atoms with Crippen LogP contribution >= 0.6 is 23.2 Å². The average Bonchev–Trinajstić information content (AvgIpc) is 2.84. The Morgan fingerprint density at radius 3 is 2.76 bits per heavy atom. The molecule has 3 nitrogen and oxygen atoms in total. The summed E-state index contributed by atoms with van der Waals surface area (Å²) in [6, 6.07) is 4.18. The fraction of sp³-hybridized carbons (Fsp3) is 0.562. The van der Waals surface area contributed by atoms with Crippen LogP contribution in [0.5, 0.6) is 0 Å². The van der Waals surface area contributed by atoms with E-state index < -0.39 is 0 Å². The molecule has 3 atom stereocenters. The minimum Gasteiger partial charge on any atom is -0.335 e. The summed E-state index contributed by atoms with van der Waals surface area (Å²) in [7, 11) is 0. The second-order valence-electron chi connectivity index (χ2n) is 6.16. The topological polar surface area (TPSA) is 32.3 Å². The van der Waals surface area contributed by atoms with Gasteiger partial charge in [0.25, 0.3) is 0 Å². The monoisotopic (exact) mass is 326 g/mol. The summed E-state index contributed by atoms with van der Waals surface area (Å²) in [5, 5.41) is 4.68. The lowest BCUT2D eigenvalue weighted by atomic mass is 9.92. The van der Waals surface area contributed by atoms with E-state index in [1.165, 1.54) is 5.56 Å². The summed E-state index contributed by atoms with van der Waals surface area (Å²) in [6.07, 6.45) is 1.74. The van der Waals surface area contributed by atoms with Crippen molar-refractivity contribution < 1.29 is 4.79 Å². The van der Waals surface area contributed by atoms with Gasteiger partial charge in [-0.1, -0.05) is 23.2 Å². The van der Waals surface area contributed by atoms with Crippen molar-refractivity contribution in [1.82, 2.24) is 10.2 Å². The first-order valence-corrected chi connectivity index (χ1v) is 8.24. The number of nitrogens with one attached hydrogen (secondary N) is 1. The Balaban J connectivity index is 1.85. The van der Waals surface area contributed by atoms with Gasteiger partial charge < -0.3 is 10.2 Å². The number of hydrogen-bond acceptors (Lipinski definition) is 2. The van der Waals surface area contributed by atoms with E-state index in [2.05, 4.69) is 19.2 Å². The van der Waals surface area contributed by atoms with Crippen LogP contribution in [0.15, 0.2) is 12.1 Å². The fourth-order valence-electron chi connectivity index (χ4n) is 3.56. The lowest BCUT2D eigenvalue weighted by Gasteiger charge is -2.37.